The number of nitrogens with zero attached hydrogens (tertiary/aromatic N) is 4. The summed E-state index contributed by atoms with van der Waals surface area (Å²) < 4.78 is 49.2. The number of halogens is 2. The molecule has 3 heterocycles. The first kappa shape index (κ1) is 18.0. The van der Waals surface area contributed by atoms with Gasteiger partial charge in [-0.25, -0.2) is 15.0 Å². The first-order valence-electron chi connectivity index (χ1n) is 7.01. The Bertz CT molecular complexity index is 800. The Morgan fingerprint density at radius 3 is 2.72 bits per heavy atom. The molecular formula is C11H14F2N5O6P. The summed E-state index contributed by atoms with van der Waals surface area (Å²) in [4.78, 5) is 11.8. The molecular weight excluding hydrogens is 367 g/mol. The van der Waals surface area contributed by atoms with Gasteiger partial charge in [0.15, 0.2) is 17.7 Å². The molecule has 0 radical (unpaired) electrons. The zero-order valence-electron chi connectivity index (χ0n) is 12.5. The summed E-state index contributed by atoms with van der Waals surface area (Å²) in [6, 6.07) is 0. The summed E-state index contributed by atoms with van der Waals surface area (Å²) in [7, 11) is -4.73. The third-order valence-electron chi connectivity index (χ3n) is 4.01. The van der Waals surface area contributed by atoms with Crippen LogP contribution in [-0.4, -0.2) is 54.7 Å². The summed E-state index contributed by atoms with van der Waals surface area (Å²) in [5.74, 6) is -1.04. The fraction of sp³-hybridized carbons (Fsp3) is 0.545. The highest BCUT2D eigenvalue weighted by atomic mass is 31.2. The number of ether oxygens (including phenoxy) is 1. The average molecular weight is 381 g/mol. The predicted molar refractivity (Wildman–Crippen MR) is 77.1 cm³/mol. The molecule has 0 aliphatic carbocycles. The molecule has 1 fully saturated rings. The molecule has 0 saturated carbocycles. The minimum Gasteiger partial charge on any atom is -0.394 e. The summed E-state index contributed by atoms with van der Waals surface area (Å²) in [5.41, 5.74) is 6.17. The number of hydrogen-bond acceptors (Lipinski definition) is 10. The van der Waals surface area contributed by atoms with Crippen LogP contribution in [0, 0.1) is 5.92 Å². The van der Waals surface area contributed by atoms with Crippen molar-refractivity contribution in [1.82, 2.24) is 19.5 Å². The van der Waals surface area contributed by atoms with Crippen LogP contribution in [0.3, 0.4) is 0 Å². The number of anilines is 1. The summed E-state index contributed by atoms with van der Waals surface area (Å²) in [6.45, 7) is -0.611. The highest BCUT2D eigenvalue weighted by molar-refractivity contribution is 7.53. The molecule has 0 aromatic carbocycles. The number of aromatic nitrogens is 4. The van der Waals surface area contributed by atoms with Crippen LogP contribution in [0.25, 0.3) is 11.2 Å². The van der Waals surface area contributed by atoms with Gasteiger partial charge in [-0.2, -0.15) is 0 Å². The van der Waals surface area contributed by atoms with Crippen molar-refractivity contribution in [3.05, 3.63) is 12.7 Å². The van der Waals surface area contributed by atoms with Crippen LogP contribution in [0.1, 0.15) is 6.23 Å². The molecule has 1 saturated heterocycles. The van der Waals surface area contributed by atoms with Crippen molar-refractivity contribution in [2.24, 2.45) is 5.92 Å². The molecule has 14 heteroatoms. The topological polar surface area (TPSA) is 155 Å². The van der Waals surface area contributed by atoms with Crippen molar-refractivity contribution in [2.45, 2.75) is 18.4 Å². The Balaban J connectivity index is 1.93. The molecule has 25 heavy (non-hydrogen) atoms. The maximum Gasteiger partial charge on any atom is 0.395 e. The van der Waals surface area contributed by atoms with Gasteiger partial charge in [-0.05, 0) is 9.05 Å². The van der Waals surface area contributed by atoms with E-state index in [0.29, 0.717) is 0 Å². The zero-order valence-corrected chi connectivity index (χ0v) is 13.4. The number of nitrogen functional groups attached to an aromatic ring is 1. The van der Waals surface area contributed by atoms with Gasteiger partial charge in [0.05, 0.1) is 25.2 Å². The van der Waals surface area contributed by atoms with E-state index in [4.69, 9.17) is 10.5 Å². The van der Waals surface area contributed by atoms with Crippen LogP contribution in [0.2, 0.25) is 0 Å². The molecule has 0 spiro atoms. The minimum absolute atomic E-state index is 0.104. The Kier molecular flexibility index (Phi) is 4.95. The lowest BCUT2D eigenvalue weighted by atomic mass is 10.0. The second-order valence-corrected chi connectivity index (χ2v) is 7.28. The molecule has 138 valence electrons. The lowest BCUT2D eigenvalue weighted by Gasteiger charge is -2.20. The molecule has 0 amide bonds. The van der Waals surface area contributed by atoms with Crippen molar-refractivity contribution in [1.29, 1.82) is 0 Å². The summed E-state index contributed by atoms with van der Waals surface area (Å²) in [5, 5.41) is 19.9. The van der Waals surface area contributed by atoms with Crippen LogP contribution in [0.4, 0.5) is 14.9 Å². The monoisotopic (exact) mass is 381 g/mol. The van der Waals surface area contributed by atoms with Crippen LogP contribution >= 0.6 is 7.60 Å². The van der Waals surface area contributed by atoms with Gasteiger partial charge in [0.1, 0.15) is 17.9 Å². The second kappa shape index (κ2) is 6.86. The number of nitrogens with two attached hydrogens (primary N) is 1. The van der Waals surface area contributed by atoms with E-state index >= 15 is 0 Å². The first-order valence-corrected chi connectivity index (χ1v) is 8.74. The fourth-order valence-corrected chi connectivity index (χ4v) is 3.91. The number of fused-ring (bicyclic) bond motifs is 1. The van der Waals surface area contributed by atoms with Crippen LogP contribution in [-0.2, 0) is 18.8 Å². The van der Waals surface area contributed by atoms with Gasteiger partial charge >= 0.3 is 7.60 Å². The minimum atomic E-state index is -4.73. The Morgan fingerprint density at radius 2 is 2.08 bits per heavy atom. The lowest BCUT2D eigenvalue weighted by Crippen LogP contribution is -2.31. The largest absolute Gasteiger partial charge is 0.395 e. The van der Waals surface area contributed by atoms with Gasteiger partial charge in [0.25, 0.3) is 0 Å². The predicted octanol–water partition coefficient (Wildman–Crippen LogP) is 0.271. The zero-order chi connectivity index (χ0) is 18.2. The smallest absolute Gasteiger partial charge is 0.394 e. The molecule has 2 aromatic heterocycles. The fourth-order valence-electron chi connectivity index (χ4n) is 2.81. The Morgan fingerprint density at radius 1 is 1.36 bits per heavy atom. The lowest BCUT2D eigenvalue weighted by molar-refractivity contribution is -0.0897. The maximum absolute atomic E-state index is 12.3. The van der Waals surface area contributed by atoms with E-state index in [2.05, 4.69) is 24.4 Å². The van der Waals surface area contributed by atoms with Gasteiger partial charge in [0, 0.05) is 5.92 Å². The molecule has 4 atom stereocenters. The van der Waals surface area contributed by atoms with Crippen molar-refractivity contribution >= 4 is 24.6 Å². The van der Waals surface area contributed by atoms with E-state index in [0.717, 1.165) is 0 Å². The SMILES string of the molecule is Nc1ncnc2c1ncn2[C@@H]1O[C@H](CO)[C@@H](CP(=O)(OF)OF)[C@H]1O. The highest BCUT2D eigenvalue weighted by Crippen LogP contribution is 2.53. The maximum atomic E-state index is 12.3. The molecule has 0 unspecified atom stereocenters. The Hall–Kier alpha value is -1.76. The van der Waals surface area contributed by atoms with E-state index in [1.807, 2.05) is 0 Å². The third kappa shape index (κ3) is 3.10. The summed E-state index contributed by atoms with van der Waals surface area (Å²) in [6.07, 6.45) is -2.04. The number of aliphatic hydroxyl groups is 2. The molecule has 1 aliphatic heterocycles. The molecule has 0 bridgehead atoms. The quantitative estimate of drug-likeness (QED) is 0.594. The van der Waals surface area contributed by atoms with Crippen LogP contribution in [0.15, 0.2) is 12.7 Å². The van der Waals surface area contributed by atoms with Gasteiger partial charge < -0.3 is 20.7 Å². The molecule has 3 rings (SSSR count). The van der Waals surface area contributed by atoms with E-state index in [1.54, 1.807) is 0 Å². The standard InChI is InChI=1S/C11H14F2N5O6P/c12-23-25(21,24-13)2-5-6(1-19)22-11(8(5)20)18-4-17-7-9(14)15-3-16-10(7)18/h3-6,8,11,19-20H,1-2H2,(H2,14,15,16)/t5-,6-,8-,11-/m1/s1. The normalized spacial score (nSPS) is 27.2. The third-order valence-corrected chi connectivity index (χ3v) is 5.30. The van der Waals surface area contributed by atoms with Gasteiger partial charge in [0.2, 0.25) is 0 Å². The second-order valence-electron chi connectivity index (χ2n) is 5.42. The van der Waals surface area contributed by atoms with E-state index in [1.165, 1.54) is 17.2 Å². The molecule has 4 N–H and O–H groups in total. The van der Waals surface area contributed by atoms with E-state index in [-0.39, 0.29) is 17.0 Å². The molecule has 2 aromatic rings. The van der Waals surface area contributed by atoms with Crippen molar-refractivity contribution in [3.63, 3.8) is 0 Å². The number of aliphatic hydroxyl groups excluding tert-OH is 2. The molecule has 11 nitrogen and oxygen atoms in total. The summed E-state index contributed by atoms with van der Waals surface area (Å²) >= 11 is 0. The van der Waals surface area contributed by atoms with Crippen molar-refractivity contribution < 1.29 is 38.0 Å². The highest BCUT2D eigenvalue weighted by Gasteiger charge is 2.49. The average Bonchev–Trinajstić information content (AvgIpc) is 3.17. The van der Waals surface area contributed by atoms with Gasteiger partial charge in [-0.1, -0.05) is 0 Å². The van der Waals surface area contributed by atoms with E-state index in [9.17, 15) is 23.8 Å². The van der Waals surface area contributed by atoms with Gasteiger partial charge in [-0.15, -0.1) is 9.46 Å². The van der Waals surface area contributed by atoms with Gasteiger partial charge in [-0.3, -0.25) is 9.13 Å². The van der Waals surface area contributed by atoms with Crippen LogP contribution in [0.5, 0.6) is 0 Å². The Labute approximate surface area is 138 Å². The molecule has 1 aliphatic rings. The number of hydrogen-bond donors (Lipinski definition) is 3. The first-order chi connectivity index (χ1) is 11.9. The number of rotatable bonds is 6. The van der Waals surface area contributed by atoms with Crippen molar-refractivity contribution in [2.75, 3.05) is 18.5 Å². The van der Waals surface area contributed by atoms with Crippen LogP contribution < -0.4 is 5.73 Å². The van der Waals surface area contributed by atoms with Crippen molar-refractivity contribution in [3.8, 4) is 0 Å². The van der Waals surface area contributed by atoms with E-state index < -0.39 is 44.7 Å². The number of imidazole rings is 1.